The highest BCUT2D eigenvalue weighted by Gasteiger charge is 2.25. The van der Waals surface area contributed by atoms with Crippen LogP contribution in [0.25, 0.3) is 0 Å². The Hall–Kier alpha value is -0.920. The highest BCUT2D eigenvalue weighted by atomic mass is 16.1. The van der Waals surface area contributed by atoms with E-state index in [1.165, 1.54) is 5.57 Å². The van der Waals surface area contributed by atoms with Crippen LogP contribution in [0.15, 0.2) is 11.6 Å². The lowest BCUT2D eigenvalue weighted by Crippen LogP contribution is -2.22. The van der Waals surface area contributed by atoms with Gasteiger partial charge in [0.15, 0.2) is 0 Å². The van der Waals surface area contributed by atoms with Crippen LogP contribution in [0, 0.1) is 17.8 Å². The number of Topliss-reactive ketones (excluding diaryl/α,β-unsaturated/α-hetero) is 1. The van der Waals surface area contributed by atoms with Gasteiger partial charge in [-0.1, -0.05) is 25.5 Å². The lowest BCUT2D eigenvalue weighted by molar-refractivity contribution is -0.120. The van der Waals surface area contributed by atoms with Gasteiger partial charge in [-0.2, -0.15) is 0 Å². The predicted octanol–water partition coefficient (Wildman–Crippen LogP) is 2.38. The average Bonchev–Trinajstić information content (AvgIpc) is 2.16. The summed E-state index contributed by atoms with van der Waals surface area (Å²) in [7, 11) is 0. The third-order valence-electron chi connectivity index (χ3n) is 2.93. The number of hydrogen-bond donors (Lipinski definition) is 0. The first-order valence-corrected chi connectivity index (χ1v) is 5.21. The van der Waals surface area contributed by atoms with Crippen molar-refractivity contribution >= 4 is 12.1 Å². The summed E-state index contributed by atoms with van der Waals surface area (Å²) in [6, 6.07) is 0. The highest BCUT2D eigenvalue weighted by Crippen LogP contribution is 2.31. The van der Waals surface area contributed by atoms with Gasteiger partial charge < -0.3 is 4.79 Å². The molecule has 0 aliphatic heterocycles. The molecule has 1 rings (SSSR count). The van der Waals surface area contributed by atoms with E-state index in [2.05, 4.69) is 19.9 Å². The third-order valence-corrected chi connectivity index (χ3v) is 2.93. The second-order valence-corrected chi connectivity index (χ2v) is 4.45. The van der Waals surface area contributed by atoms with E-state index in [9.17, 15) is 9.59 Å². The van der Waals surface area contributed by atoms with Crippen molar-refractivity contribution in [1.82, 2.24) is 0 Å². The predicted molar refractivity (Wildman–Crippen MR) is 55.9 cm³/mol. The molecule has 0 N–H and O–H groups in total. The number of carbonyl (C=O) groups is 2. The van der Waals surface area contributed by atoms with Crippen LogP contribution in [-0.2, 0) is 9.59 Å². The lowest BCUT2D eigenvalue weighted by Gasteiger charge is -2.25. The monoisotopic (exact) mass is 194 g/mol. The van der Waals surface area contributed by atoms with Gasteiger partial charge in [0.2, 0.25) is 0 Å². The van der Waals surface area contributed by atoms with E-state index in [4.69, 9.17) is 0 Å². The molecule has 0 bridgehead atoms. The van der Waals surface area contributed by atoms with E-state index in [1.807, 2.05) is 0 Å². The molecule has 2 unspecified atom stereocenters. The van der Waals surface area contributed by atoms with Gasteiger partial charge in [0.1, 0.15) is 12.1 Å². The molecule has 0 fully saturated rings. The Bertz CT molecular complexity index is 263. The van der Waals surface area contributed by atoms with Gasteiger partial charge in [0, 0.05) is 11.8 Å². The lowest BCUT2D eigenvalue weighted by atomic mass is 9.78. The Morgan fingerprint density at radius 1 is 1.57 bits per heavy atom. The number of hydrogen-bond acceptors (Lipinski definition) is 2. The number of carbonyl (C=O) groups excluding carboxylic acids is 2. The second kappa shape index (κ2) is 4.54. The van der Waals surface area contributed by atoms with Crippen molar-refractivity contribution in [1.29, 1.82) is 0 Å². The molecule has 2 atom stereocenters. The van der Waals surface area contributed by atoms with Gasteiger partial charge in [-0.3, -0.25) is 4.79 Å². The molecular weight excluding hydrogens is 176 g/mol. The van der Waals surface area contributed by atoms with Gasteiger partial charge in [-0.05, 0) is 25.7 Å². The molecule has 0 saturated heterocycles. The zero-order chi connectivity index (χ0) is 10.7. The minimum Gasteiger partial charge on any atom is -0.303 e. The van der Waals surface area contributed by atoms with E-state index in [0.717, 1.165) is 12.7 Å². The Balaban J connectivity index is 2.84. The molecule has 0 heterocycles. The molecule has 14 heavy (non-hydrogen) atoms. The molecule has 0 saturated carbocycles. The fourth-order valence-electron chi connectivity index (χ4n) is 1.92. The van der Waals surface area contributed by atoms with Crippen molar-refractivity contribution in [2.75, 3.05) is 0 Å². The molecular formula is C12H18O2. The van der Waals surface area contributed by atoms with Crippen LogP contribution >= 0.6 is 0 Å². The van der Waals surface area contributed by atoms with Crippen LogP contribution < -0.4 is 0 Å². The summed E-state index contributed by atoms with van der Waals surface area (Å²) >= 11 is 0. The smallest absolute Gasteiger partial charge is 0.136 e. The van der Waals surface area contributed by atoms with E-state index >= 15 is 0 Å². The average molecular weight is 194 g/mol. The van der Waals surface area contributed by atoms with E-state index in [1.54, 1.807) is 6.92 Å². The van der Waals surface area contributed by atoms with Crippen LogP contribution in [0.2, 0.25) is 0 Å². The Morgan fingerprint density at radius 2 is 2.21 bits per heavy atom. The Kier molecular flexibility index (Phi) is 3.62. The number of allylic oxidation sites excluding steroid dienone is 2. The standard InChI is InChI=1S/C12H18O2/c1-8(2)11-4-10(7-13)5-12(6-11)9(3)14/h6-8,10,12H,4-5H2,1-3H3. The topological polar surface area (TPSA) is 34.1 Å². The first-order valence-electron chi connectivity index (χ1n) is 5.21. The summed E-state index contributed by atoms with van der Waals surface area (Å²) in [6.07, 6.45) is 4.60. The van der Waals surface area contributed by atoms with E-state index in [-0.39, 0.29) is 17.6 Å². The fourth-order valence-corrected chi connectivity index (χ4v) is 1.92. The largest absolute Gasteiger partial charge is 0.303 e. The van der Waals surface area contributed by atoms with Crippen LogP contribution in [-0.4, -0.2) is 12.1 Å². The molecule has 0 aromatic heterocycles. The summed E-state index contributed by atoms with van der Waals surface area (Å²) in [6.45, 7) is 5.82. The summed E-state index contributed by atoms with van der Waals surface area (Å²) in [5.74, 6) is 0.636. The first kappa shape index (κ1) is 11.2. The molecule has 1 aliphatic rings. The molecule has 0 amide bonds. The summed E-state index contributed by atoms with van der Waals surface area (Å²) in [4.78, 5) is 22.0. The molecule has 78 valence electrons. The molecule has 1 aliphatic carbocycles. The zero-order valence-corrected chi connectivity index (χ0v) is 9.12. The van der Waals surface area contributed by atoms with Crippen LogP contribution in [0.3, 0.4) is 0 Å². The second-order valence-electron chi connectivity index (χ2n) is 4.45. The zero-order valence-electron chi connectivity index (χ0n) is 9.12. The maximum absolute atomic E-state index is 11.3. The van der Waals surface area contributed by atoms with Gasteiger partial charge in [0.05, 0.1) is 0 Å². The van der Waals surface area contributed by atoms with Crippen LogP contribution in [0.4, 0.5) is 0 Å². The SMILES string of the molecule is CC(=O)C1C=C(C(C)C)CC(C=O)C1. The van der Waals surface area contributed by atoms with Gasteiger partial charge in [-0.25, -0.2) is 0 Å². The van der Waals surface area contributed by atoms with Gasteiger partial charge in [-0.15, -0.1) is 0 Å². The van der Waals surface area contributed by atoms with Gasteiger partial charge in [0.25, 0.3) is 0 Å². The minimum atomic E-state index is -0.0312. The summed E-state index contributed by atoms with van der Waals surface area (Å²) < 4.78 is 0. The molecule has 2 nitrogen and oxygen atoms in total. The van der Waals surface area contributed by atoms with E-state index in [0.29, 0.717) is 12.3 Å². The first-order chi connectivity index (χ1) is 6.54. The van der Waals surface area contributed by atoms with Crippen molar-refractivity contribution < 1.29 is 9.59 Å². The number of rotatable bonds is 3. The molecule has 0 radical (unpaired) electrons. The maximum atomic E-state index is 11.3. The van der Waals surface area contributed by atoms with Crippen LogP contribution in [0.5, 0.6) is 0 Å². The van der Waals surface area contributed by atoms with Crippen molar-refractivity contribution in [2.45, 2.75) is 33.6 Å². The maximum Gasteiger partial charge on any atom is 0.136 e. The van der Waals surface area contributed by atoms with Crippen LogP contribution in [0.1, 0.15) is 33.6 Å². The molecule has 0 aromatic carbocycles. The van der Waals surface area contributed by atoms with E-state index < -0.39 is 0 Å². The van der Waals surface area contributed by atoms with Crippen molar-refractivity contribution in [3.63, 3.8) is 0 Å². The number of aldehydes is 1. The minimum absolute atomic E-state index is 0.0312. The van der Waals surface area contributed by atoms with Crippen molar-refractivity contribution in [3.05, 3.63) is 11.6 Å². The molecule has 0 aromatic rings. The Morgan fingerprint density at radius 3 is 2.64 bits per heavy atom. The normalized spacial score (nSPS) is 27.3. The molecule has 0 spiro atoms. The number of ketones is 1. The van der Waals surface area contributed by atoms with Gasteiger partial charge >= 0.3 is 0 Å². The molecule has 2 heteroatoms. The summed E-state index contributed by atoms with van der Waals surface area (Å²) in [5.41, 5.74) is 1.26. The fraction of sp³-hybridized carbons (Fsp3) is 0.667. The van der Waals surface area contributed by atoms with Crippen molar-refractivity contribution in [3.8, 4) is 0 Å². The quantitative estimate of drug-likeness (QED) is 0.510. The third kappa shape index (κ3) is 2.53. The Labute approximate surface area is 85.4 Å². The van der Waals surface area contributed by atoms with Crippen molar-refractivity contribution in [2.24, 2.45) is 17.8 Å². The summed E-state index contributed by atoms with van der Waals surface area (Å²) in [5, 5.41) is 0. The highest BCUT2D eigenvalue weighted by molar-refractivity contribution is 5.81.